The Morgan fingerprint density at radius 1 is 1.00 bits per heavy atom. The monoisotopic (exact) mass is 870 g/mol. The van der Waals surface area contributed by atoms with E-state index in [1.165, 1.54) is 11.0 Å². The van der Waals surface area contributed by atoms with Crippen molar-refractivity contribution in [1.29, 1.82) is 0 Å². The first-order valence-electron chi connectivity index (χ1n) is 18.7. The van der Waals surface area contributed by atoms with Crippen LogP contribution in [0.1, 0.15) is 39.9 Å². The molecule has 3 aliphatic heterocycles. The number of imide groups is 1. The third-order valence-electron chi connectivity index (χ3n) is 10.7. The van der Waals surface area contributed by atoms with Gasteiger partial charge in [-0.1, -0.05) is 6.07 Å². The molecule has 18 heteroatoms. The van der Waals surface area contributed by atoms with Crippen LogP contribution in [0.25, 0.3) is 11.0 Å². The van der Waals surface area contributed by atoms with Crippen LogP contribution in [0.15, 0.2) is 59.5 Å². The number of carbonyl (C=O) groups excluding carboxylic acids is 3. The van der Waals surface area contributed by atoms with Crippen molar-refractivity contribution in [3.8, 4) is 5.75 Å². The van der Waals surface area contributed by atoms with Crippen molar-refractivity contribution in [1.82, 2.24) is 35.1 Å². The SMILES string of the molecule is COc1cc(N2CCN(Cc3cc(F)c4c(c3)CN(C3CCC(=O)NC3=O)C4=O)CC2)c(C)cc1Nc1ncc(Br)c(Nc2ccc3nccnc3c2P(C)(C)=O)n1. The Hall–Kier alpha value is -5.51. The van der Waals surface area contributed by atoms with Crippen molar-refractivity contribution in [2.45, 2.75) is 38.9 Å². The molecule has 3 aliphatic rings. The summed E-state index contributed by atoms with van der Waals surface area (Å²) in [5.74, 6) is -0.616. The van der Waals surface area contributed by atoms with Crippen molar-refractivity contribution in [2.75, 3.05) is 62.2 Å². The highest BCUT2D eigenvalue weighted by atomic mass is 79.9. The summed E-state index contributed by atoms with van der Waals surface area (Å²) in [5, 5.41) is 9.51. The summed E-state index contributed by atoms with van der Waals surface area (Å²) in [6, 6.07) is 10.1. The molecule has 0 radical (unpaired) electrons. The van der Waals surface area contributed by atoms with Crippen LogP contribution in [0, 0.1) is 12.7 Å². The molecule has 3 N–H and O–H groups in total. The number of fused-ring (bicyclic) bond motifs is 2. The molecule has 0 aliphatic carbocycles. The highest BCUT2D eigenvalue weighted by Crippen LogP contribution is 2.42. The van der Waals surface area contributed by atoms with E-state index in [4.69, 9.17) is 9.72 Å². The maximum absolute atomic E-state index is 15.4. The second-order valence-electron chi connectivity index (χ2n) is 15.0. The lowest BCUT2D eigenvalue weighted by Gasteiger charge is -2.37. The lowest BCUT2D eigenvalue weighted by Crippen LogP contribution is -2.52. The molecule has 5 heterocycles. The van der Waals surface area contributed by atoms with Crippen LogP contribution in [-0.2, 0) is 27.2 Å². The number of anilines is 5. The summed E-state index contributed by atoms with van der Waals surface area (Å²) in [6.45, 7) is 8.96. The van der Waals surface area contributed by atoms with E-state index in [9.17, 15) is 18.9 Å². The molecule has 300 valence electrons. The molecule has 5 aromatic rings. The number of hydrogen-bond donors (Lipinski definition) is 3. The highest BCUT2D eigenvalue weighted by Gasteiger charge is 2.40. The number of nitrogens with one attached hydrogen (secondary N) is 3. The van der Waals surface area contributed by atoms with Crippen molar-refractivity contribution in [2.24, 2.45) is 0 Å². The van der Waals surface area contributed by atoms with Crippen LogP contribution in [0.4, 0.5) is 33.2 Å². The smallest absolute Gasteiger partial charge is 0.258 e. The van der Waals surface area contributed by atoms with E-state index >= 15 is 4.39 Å². The first-order valence-corrected chi connectivity index (χ1v) is 22.1. The van der Waals surface area contributed by atoms with Crippen LogP contribution in [0.5, 0.6) is 5.75 Å². The number of ether oxygens (including phenoxy) is 1. The molecule has 58 heavy (non-hydrogen) atoms. The van der Waals surface area contributed by atoms with Gasteiger partial charge in [-0.05, 0) is 83.6 Å². The van der Waals surface area contributed by atoms with Gasteiger partial charge in [0.15, 0.2) is 0 Å². The fourth-order valence-electron chi connectivity index (χ4n) is 7.93. The van der Waals surface area contributed by atoms with Gasteiger partial charge in [0, 0.05) is 76.0 Å². The van der Waals surface area contributed by atoms with Crippen LogP contribution < -0.4 is 30.9 Å². The number of carbonyl (C=O) groups is 3. The zero-order valence-electron chi connectivity index (χ0n) is 32.3. The zero-order valence-corrected chi connectivity index (χ0v) is 34.8. The normalized spacial score (nSPS) is 17.4. The number of methoxy groups -OCH3 is 1. The number of piperidine rings is 1. The van der Waals surface area contributed by atoms with Gasteiger partial charge in [0.2, 0.25) is 17.8 Å². The maximum atomic E-state index is 15.4. The third kappa shape index (κ3) is 7.73. The Morgan fingerprint density at radius 3 is 2.52 bits per heavy atom. The average molecular weight is 872 g/mol. The Bertz CT molecular complexity index is 2550. The number of piperazine rings is 1. The molecule has 0 spiro atoms. The summed E-state index contributed by atoms with van der Waals surface area (Å²) < 4.78 is 35.3. The largest absolute Gasteiger partial charge is 0.494 e. The van der Waals surface area contributed by atoms with Gasteiger partial charge in [0.05, 0.1) is 39.3 Å². The minimum Gasteiger partial charge on any atom is -0.494 e. The molecule has 1 atom stereocenters. The minimum atomic E-state index is -2.79. The molecule has 0 saturated carbocycles. The van der Waals surface area contributed by atoms with E-state index in [1.807, 2.05) is 37.3 Å². The fourth-order valence-corrected chi connectivity index (χ4v) is 9.62. The number of amides is 3. The van der Waals surface area contributed by atoms with E-state index in [2.05, 4.69) is 56.6 Å². The zero-order chi connectivity index (χ0) is 40.9. The molecular weight excluding hydrogens is 830 g/mol. The molecule has 15 nitrogen and oxygen atoms in total. The van der Waals surface area contributed by atoms with Gasteiger partial charge < -0.3 is 29.7 Å². The van der Waals surface area contributed by atoms with Gasteiger partial charge in [-0.25, -0.2) is 9.37 Å². The summed E-state index contributed by atoms with van der Waals surface area (Å²) in [6.07, 6.45) is 5.19. The van der Waals surface area contributed by atoms with E-state index in [1.54, 1.807) is 39.0 Å². The Kier molecular flexibility index (Phi) is 10.6. The first-order chi connectivity index (χ1) is 27.8. The van der Waals surface area contributed by atoms with Gasteiger partial charge in [0.1, 0.15) is 36.1 Å². The van der Waals surface area contributed by atoms with Crippen LogP contribution in [0.3, 0.4) is 0 Å². The number of aryl methyl sites for hydroxylation is 1. The molecule has 3 amide bonds. The number of halogens is 2. The number of rotatable bonds is 10. The second kappa shape index (κ2) is 15.7. The van der Waals surface area contributed by atoms with Crippen LogP contribution >= 0.6 is 23.1 Å². The molecular formula is C40H41BrFN10O5P. The van der Waals surface area contributed by atoms with Gasteiger partial charge in [0.25, 0.3) is 5.91 Å². The number of hydrogen-bond acceptors (Lipinski definition) is 13. The Labute approximate surface area is 342 Å². The van der Waals surface area contributed by atoms with Crippen molar-refractivity contribution in [3.05, 3.63) is 87.5 Å². The number of benzene rings is 3. The van der Waals surface area contributed by atoms with Crippen molar-refractivity contribution in [3.63, 3.8) is 0 Å². The summed E-state index contributed by atoms with van der Waals surface area (Å²) in [7, 11) is -1.18. The van der Waals surface area contributed by atoms with Gasteiger partial charge in [-0.3, -0.25) is 34.6 Å². The predicted octanol–water partition coefficient (Wildman–Crippen LogP) is 5.46. The molecule has 8 rings (SSSR count). The van der Waals surface area contributed by atoms with Gasteiger partial charge >= 0.3 is 0 Å². The quantitative estimate of drug-likeness (QED) is 0.119. The highest BCUT2D eigenvalue weighted by molar-refractivity contribution is 9.10. The molecule has 3 aromatic carbocycles. The van der Waals surface area contributed by atoms with Crippen molar-refractivity contribution >= 4 is 86.0 Å². The molecule has 2 saturated heterocycles. The second-order valence-corrected chi connectivity index (χ2v) is 19.0. The van der Waals surface area contributed by atoms with Gasteiger partial charge in [-0.2, -0.15) is 4.98 Å². The first kappa shape index (κ1) is 39.3. The Balaban J connectivity index is 0.936. The number of nitrogens with zero attached hydrogens (tertiary/aromatic N) is 7. The predicted molar refractivity (Wildman–Crippen MR) is 223 cm³/mol. The van der Waals surface area contributed by atoms with Crippen molar-refractivity contribution < 1.29 is 28.1 Å². The lowest BCUT2D eigenvalue weighted by molar-refractivity contribution is -0.136. The van der Waals surface area contributed by atoms with Gasteiger partial charge in [-0.15, -0.1) is 0 Å². The average Bonchev–Trinajstić information content (AvgIpc) is 3.51. The van der Waals surface area contributed by atoms with E-state index < -0.39 is 30.8 Å². The molecule has 2 aromatic heterocycles. The van der Waals surface area contributed by atoms with E-state index in [-0.39, 0.29) is 30.9 Å². The Morgan fingerprint density at radius 2 is 1.78 bits per heavy atom. The number of aromatic nitrogens is 4. The van der Waals surface area contributed by atoms with E-state index in [0.717, 1.165) is 43.0 Å². The standard InChI is InChI=1S/C40H41BrFN10O5P/c1-22-15-29(47-40-45-19-25(41)37(49-40)46-28-6-5-27-35(44-10-9-43-27)36(28)58(3,4)56)32(57-2)18-31(22)51-13-11-50(12-14-51)20-23-16-24-21-52(39(55)34(24)26(42)17-23)30-7-8-33(53)48-38(30)54/h5-6,9-10,15-19,30H,7-8,11-14,20-21H2,1-4H3,(H,48,53,54)(H2,45,46,47,49). The van der Waals surface area contributed by atoms with E-state index in [0.29, 0.717) is 61.8 Å². The summed E-state index contributed by atoms with van der Waals surface area (Å²) in [5.41, 5.74) is 5.86. The topological polar surface area (TPSA) is 175 Å². The summed E-state index contributed by atoms with van der Waals surface area (Å²) >= 11 is 3.55. The van der Waals surface area contributed by atoms with Crippen LogP contribution in [-0.4, -0.2) is 100 Å². The fraction of sp³-hybridized carbons (Fsp3) is 0.325. The lowest BCUT2D eigenvalue weighted by atomic mass is 10.0. The van der Waals surface area contributed by atoms with Crippen LogP contribution in [0.2, 0.25) is 0 Å². The summed E-state index contributed by atoms with van der Waals surface area (Å²) in [4.78, 5) is 61.2. The molecule has 1 unspecified atom stereocenters. The molecule has 2 fully saturated rings. The minimum absolute atomic E-state index is 0.000736. The molecule has 0 bridgehead atoms. The maximum Gasteiger partial charge on any atom is 0.258 e. The third-order valence-corrected chi connectivity index (χ3v) is 12.8.